The number of hydrogen-bond acceptors (Lipinski definition) is 5. The van der Waals surface area contributed by atoms with Gasteiger partial charge in [0.15, 0.2) is 0 Å². The molecule has 5 nitrogen and oxygen atoms in total. The summed E-state index contributed by atoms with van der Waals surface area (Å²) in [4.78, 5) is 0. The Kier molecular flexibility index (Phi) is 8.98. The predicted octanol–water partition coefficient (Wildman–Crippen LogP) is 1.55. The zero-order chi connectivity index (χ0) is 14.6. The van der Waals surface area contributed by atoms with E-state index in [1.807, 2.05) is 25.1 Å². The van der Waals surface area contributed by atoms with E-state index in [0.717, 1.165) is 16.9 Å². The van der Waals surface area contributed by atoms with Crippen LogP contribution in [-0.2, 0) is 20.8 Å². The molecule has 1 aromatic carbocycles. The Hall–Kier alpha value is -1.14. The maximum atomic E-state index is 9.25. The van der Waals surface area contributed by atoms with Gasteiger partial charge < -0.3 is 24.1 Å². The van der Waals surface area contributed by atoms with E-state index in [1.54, 1.807) is 7.11 Å². The monoisotopic (exact) mass is 284 g/mol. The second kappa shape index (κ2) is 10.6. The molecule has 1 N–H and O–H groups in total. The van der Waals surface area contributed by atoms with E-state index in [-0.39, 0.29) is 6.61 Å². The molecular formula is C15H24O5. The van der Waals surface area contributed by atoms with Crippen LogP contribution in [0.1, 0.15) is 11.1 Å². The molecule has 0 fully saturated rings. The Morgan fingerprint density at radius 3 is 2.25 bits per heavy atom. The molecule has 0 aliphatic rings. The van der Waals surface area contributed by atoms with Crippen molar-refractivity contribution in [3.05, 3.63) is 29.3 Å². The van der Waals surface area contributed by atoms with E-state index in [2.05, 4.69) is 0 Å². The third-order valence-corrected chi connectivity index (χ3v) is 2.74. The van der Waals surface area contributed by atoms with Crippen LogP contribution >= 0.6 is 0 Å². The summed E-state index contributed by atoms with van der Waals surface area (Å²) >= 11 is 0. The summed E-state index contributed by atoms with van der Waals surface area (Å²) in [6.45, 7) is 5.15. The van der Waals surface area contributed by atoms with E-state index >= 15 is 0 Å². The molecule has 0 radical (unpaired) electrons. The Morgan fingerprint density at radius 2 is 1.60 bits per heavy atom. The molecule has 0 aromatic heterocycles. The summed E-state index contributed by atoms with van der Waals surface area (Å²) in [7, 11) is 1.64. The lowest BCUT2D eigenvalue weighted by molar-refractivity contribution is 0.0178. The number of methoxy groups -OCH3 is 1. The summed E-state index contributed by atoms with van der Waals surface area (Å²) < 4.78 is 21.2. The molecule has 0 amide bonds. The van der Waals surface area contributed by atoms with Crippen LogP contribution in [0.2, 0.25) is 0 Å². The number of benzene rings is 1. The molecule has 0 spiro atoms. The highest BCUT2D eigenvalue weighted by atomic mass is 16.6. The van der Waals surface area contributed by atoms with Gasteiger partial charge in [-0.15, -0.1) is 0 Å². The second-order valence-electron chi connectivity index (χ2n) is 4.29. The zero-order valence-corrected chi connectivity index (χ0v) is 12.3. The van der Waals surface area contributed by atoms with Gasteiger partial charge in [0, 0.05) is 12.7 Å². The van der Waals surface area contributed by atoms with Crippen molar-refractivity contribution in [3.63, 3.8) is 0 Å². The molecule has 0 atom stereocenters. The fourth-order valence-corrected chi connectivity index (χ4v) is 1.71. The number of aliphatic hydroxyl groups is 1. The van der Waals surface area contributed by atoms with Gasteiger partial charge in [-0.3, -0.25) is 0 Å². The Morgan fingerprint density at radius 1 is 0.950 bits per heavy atom. The van der Waals surface area contributed by atoms with Crippen LogP contribution in [-0.4, -0.2) is 51.9 Å². The van der Waals surface area contributed by atoms with Crippen LogP contribution in [0.5, 0.6) is 5.75 Å². The lowest BCUT2D eigenvalue weighted by Crippen LogP contribution is -2.13. The molecule has 0 heterocycles. The summed E-state index contributed by atoms with van der Waals surface area (Å²) in [5.74, 6) is 0.745. The van der Waals surface area contributed by atoms with Crippen molar-refractivity contribution in [2.45, 2.75) is 13.5 Å². The molecule has 0 aliphatic heterocycles. The van der Waals surface area contributed by atoms with Gasteiger partial charge in [0.05, 0.1) is 39.6 Å². The average molecular weight is 284 g/mol. The van der Waals surface area contributed by atoms with Crippen LogP contribution in [0.25, 0.3) is 0 Å². The van der Waals surface area contributed by atoms with Gasteiger partial charge in [0.1, 0.15) is 12.4 Å². The van der Waals surface area contributed by atoms with Gasteiger partial charge in [-0.1, -0.05) is 18.2 Å². The van der Waals surface area contributed by atoms with Crippen LogP contribution in [0.3, 0.4) is 0 Å². The summed E-state index contributed by atoms with van der Waals surface area (Å²) in [6.07, 6.45) is 0. The van der Waals surface area contributed by atoms with Gasteiger partial charge in [-0.05, 0) is 12.5 Å². The van der Waals surface area contributed by atoms with Crippen molar-refractivity contribution in [3.8, 4) is 5.75 Å². The van der Waals surface area contributed by atoms with Gasteiger partial charge in [0.2, 0.25) is 0 Å². The van der Waals surface area contributed by atoms with Gasteiger partial charge in [-0.25, -0.2) is 0 Å². The lowest BCUT2D eigenvalue weighted by Gasteiger charge is -2.13. The maximum Gasteiger partial charge on any atom is 0.127 e. The number of hydrogen-bond donors (Lipinski definition) is 1. The van der Waals surface area contributed by atoms with E-state index in [0.29, 0.717) is 39.6 Å². The highest BCUT2D eigenvalue weighted by Gasteiger charge is 2.05. The van der Waals surface area contributed by atoms with Crippen molar-refractivity contribution >= 4 is 0 Å². The number of para-hydroxylation sites is 1. The first-order valence-corrected chi connectivity index (χ1v) is 6.76. The largest absolute Gasteiger partial charge is 0.491 e. The maximum absolute atomic E-state index is 9.25. The molecule has 114 valence electrons. The van der Waals surface area contributed by atoms with Gasteiger partial charge in [0.25, 0.3) is 0 Å². The second-order valence-corrected chi connectivity index (χ2v) is 4.29. The Balaban J connectivity index is 2.12. The number of aliphatic hydroxyl groups excluding tert-OH is 1. The molecule has 0 unspecified atom stereocenters. The van der Waals surface area contributed by atoms with E-state index in [1.165, 1.54) is 0 Å². The Bertz CT molecular complexity index is 367. The third-order valence-electron chi connectivity index (χ3n) is 2.74. The number of rotatable bonds is 11. The minimum Gasteiger partial charge on any atom is -0.491 e. The van der Waals surface area contributed by atoms with Crippen molar-refractivity contribution in [2.75, 3.05) is 46.8 Å². The molecular weight excluding hydrogens is 260 g/mol. The summed E-state index contributed by atoms with van der Waals surface area (Å²) in [5, 5.41) is 9.25. The third kappa shape index (κ3) is 6.34. The highest BCUT2D eigenvalue weighted by molar-refractivity contribution is 5.40. The number of ether oxygens (including phenoxy) is 4. The minimum atomic E-state index is -0.0226. The fraction of sp³-hybridized carbons (Fsp3) is 0.600. The van der Waals surface area contributed by atoms with E-state index in [9.17, 15) is 5.11 Å². The standard InChI is InChI=1S/C15H24O5/c1-13-4-3-5-14(12-16)15(13)20-11-10-19-9-8-18-7-6-17-2/h3-5,16H,6-12H2,1-2H3. The topological polar surface area (TPSA) is 57.2 Å². The molecule has 0 bridgehead atoms. The Labute approximate surface area is 120 Å². The molecule has 0 saturated heterocycles. The van der Waals surface area contributed by atoms with Gasteiger partial charge >= 0.3 is 0 Å². The molecule has 0 aliphatic carbocycles. The van der Waals surface area contributed by atoms with E-state index < -0.39 is 0 Å². The quantitative estimate of drug-likeness (QED) is 0.625. The molecule has 5 heteroatoms. The SMILES string of the molecule is COCCOCCOCCOc1c(C)cccc1CO. The first kappa shape index (κ1) is 16.9. The van der Waals surface area contributed by atoms with Crippen LogP contribution < -0.4 is 4.74 Å². The van der Waals surface area contributed by atoms with Crippen molar-refractivity contribution in [1.29, 1.82) is 0 Å². The zero-order valence-electron chi connectivity index (χ0n) is 12.3. The number of aryl methyl sites for hydroxylation is 1. The molecule has 20 heavy (non-hydrogen) atoms. The van der Waals surface area contributed by atoms with Crippen molar-refractivity contribution < 1.29 is 24.1 Å². The lowest BCUT2D eigenvalue weighted by atomic mass is 10.1. The molecule has 0 saturated carbocycles. The van der Waals surface area contributed by atoms with E-state index in [4.69, 9.17) is 18.9 Å². The first-order chi connectivity index (χ1) is 9.79. The minimum absolute atomic E-state index is 0.0226. The fourth-order valence-electron chi connectivity index (χ4n) is 1.71. The van der Waals surface area contributed by atoms with Crippen molar-refractivity contribution in [2.24, 2.45) is 0 Å². The predicted molar refractivity (Wildman–Crippen MR) is 76.1 cm³/mol. The van der Waals surface area contributed by atoms with Crippen LogP contribution in [0, 0.1) is 6.92 Å². The first-order valence-electron chi connectivity index (χ1n) is 6.76. The average Bonchev–Trinajstić information content (AvgIpc) is 2.46. The van der Waals surface area contributed by atoms with Crippen LogP contribution in [0.15, 0.2) is 18.2 Å². The normalized spacial score (nSPS) is 10.8. The van der Waals surface area contributed by atoms with Gasteiger partial charge in [-0.2, -0.15) is 0 Å². The summed E-state index contributed by atoms with van der Waals surface area (Å²) in [5.41, 5.74) is 1.81. The van der Waals surface area contributed by atoms with Crippen LogP contribution in [0.4, 0.5) is 0 Å². The molecule has 1 aromatic rings. The molecule has 1 rings (SSSR count). The smallest absolute Gasteiger partial charge is 0.127 e. The van der Waals surface area contributed by atoms with Crippen molar-refractivity contribution in [1.82, 2.24) is 0 Å². The highest BCUT2D eigenvalue weighted by Crippen LogP contribution is 2.23. The summed E-state index contributed by atoms with van der Waals surface area (Å²) in [6, 6.07) is 5.72.